The molecule has 1 unspecified atom stereocenters. The molecule has 152 valence electrons. The lowest BCUT2D eigenvalue weighted by atomic mass is 10.0. The second-order valence-corrected chi connectivity index (χ2v) is 8.20. The van der Waals surface area contributed by atoms with Crippen LogP contribution in [0.4, 0.5) is 0 Å². The average molecular weight is 399 g/mol. The van der Waals surface area contributed by atoms with Gasteiger partial charge in [0.2, 0.25) is 11.8 Å². The quantitative estimate of drug-likeness (QED) is 0.678. The Morgan fingerprint density at radius 3 is 2.37 bits per heavy atom. The number of rotatable bonds is 4. The van der Waals surface area contributed by atoms with E-state index in [9.17, 15) is 9.59 Å². The van der Waals surface area contributed by atoms with E-state index in [2.05, 4.69) is 41.3 Å². The van der Waals surface area contributed by atoms with Crippen molar-refractivity contribution in [2.45, 2.75) is 19.1 Å². The molecule has 2 heterocycles. The summed E-state index contributed by atoms with van der Waals surface area (Å²) in [5.74, 6) is 0.113. The Morgan fingerprint density at radius 1 is 0.767 bits per heavy atom. The van der Waals surface area contributed by atoms with Gasteiger partial charge in [-0.15, -0.1) is 0 Å². The number of piperazine rings is 2. The lowest BCUT2D eigenvalue weighted by Crippen LogP contribution is -2.66. The van der Waals surface area contributed by atoms with E-state index in [0.717, 1.165) is 18.7 Å². The molecule has 5 rings (SSSR count). The normalized spacial score (nSPS) is 19.9. The monoisotopic (exact) mass is 399 g/mol. The molecule has 0 N–H and O–H groups in total. The van der Waals surface area contributed by atoms with Crippen molar-refractivity contribution in [2.24, 2.45) is 0 Å². The van der Waals surface area contributed by atoms with Gasteiger partial charge in [-0.3, -0.25) is 14.5 Å². The molecule has 0 radical (unpaired) electrons. The fourth-order valence-electron chi connectivity index (χ4n) is 4.57. The van der Waals surface area contributed by atoms with Crippen molar-refractivity contribution in [3.8, 4) is 0 Å². The Bertz CT molecular complexity index is 1080. The van der Waals surface area contributed by atoms with Crippen LogP contribution in [0.3, 0.4) is 0 Å². The van der Waals surface area contributed by atoms with Crippen LogP contribution in [-0.4, -0.2) is 58.7 Å². The molecule has 3 aromatic carbocycles. The summed E-state index contributed by atoms with van der Waals surface area (Å²) in [6.07, 6.45) is 0. The molecule has 0 spiro atoms. The van der Waals surface area contributed by atoms with Crippen LogP contribution in [0.15, 0.2) is 72.8 Å². The van der Waals surface area contributed by atoms with Crippen LogP contribution >= 0.6 is 0 Å². The number of fused-ring (bicyclic) bond motifs is 2. The van der Waals surface area contributed by atoms with E-state index >= 15 is 0 Å². The van der Waals surface area contributed by atoms with E-state index in [1.165, 1.54) is 16.3 Å². The molecule has 2 fully saturated rings. The van der Waals surface area contributed by atoms with E-state index in [1.54, 1.807) is 9.80 Å². The van der Waals surface area contributed by atoms with Crippen LogP contribution in [0.2, 0.25) is 0 Å². The van der Waals surface area contributed by atoms with Crippen LogP contribution < -0.4 is 0 Å². The third-order valence-electron chi connectivity index (χ3n) is 6.14. The maximum atomic E-state index is 13.2. The molecule has 2 aliphatic heterocycles. The summed E-state index contributed by atoms with van der Waals surface area (Å²) in [6.45, 7) is 3.44. The van der Waals surface area contributed by atoms with Gasteiger partial charge in [0, 0.05) is 32.7 Å². The van der Waals surface area contributed by atoms with Crippen LogP contribution in [0, 0.1) is 0 Å². The Hall–Kier alpha value is -3.18. The minimum Gasteiger partial charge on any atom is -0.327 e. The van der Waals surface area contributed by atoms with Crippen molar-refractivity contribution in [3.63, 3.8) is 0 Å². The van der Waals surface area contributed by atoms with E-state index in [0.29, 0.717) is 19.6 Å². The molecular weight excluding hydrogens is 374 g/mol. The molecule has 0 aromatic heterocycles. The molecule has 30 heavy (non-hydrogen) atoms. The highest BCUT2D eigenvalue weighted by molar-refractivity contribution is 5.95. The minimum absolute atomic E-state index is 0.0564. The van der Waals surface area contributed by atoms with E-state index in [-0.39, 0.29) is 24.4 Å². The molecule has 2 saturated heterocycles. The molecule has 0 bridgehead atoms. The summed E-state index contributed by atoms with van der Waals surface area (Å²) >= 11 is 0. The van der Waals surface area contributed by atoms with E-state index in [4.69, 9.17) is 0 Å². The molecule has 5 heteroatoms. The first-order valence-corrected chi connectivity index (χ1v) is 10.5. The molecule has 2 aliphatic rings. The molecule has 0 aliphatic carbocycles. The third kappa shape index (κ3) is 3.68. The average Bonchev–Trinajstić information content (AvgIpc) is 2.78. The SMILES string of the molecule is O=C1C2CN(Cc3ccc4ccccc4c3)CCN2C(=O)CN1Cc1ccccc1. The number of benzene rings is 3. The highest BCUT2D eigenvalue weighted by atomic mass is 16.2. The van der Waals surface area contributed by atoms with Crippen molar-refractivity contribution in [2.75, 3.05) is 26.2 Å². The fraction of sp³-hybridized carbons (Fsp3) is 0.280. The van der Waals surface area contributed by atoms with Crippen molar-refractivity contribution in [1.29, 1.82) is 0 Å². The first-order chi connectivity index (χ1) is 14.7. The predicted octanol–water partition coefficient (Wildman–Crippen LogP) is 2.90. The lowest BCUT2D eigenvalue weighted by Gasteiger charge is -2.46. The smallest absolute Gasteiger partial charge is 0.247 e. The number of hydrogen-bond acceptors (Lipinski definition) is 3. The molecule has 1 atom stereocenters. The summed E-state index contributed by atoms with van der Waals surface area (Å²) in [7, 11) is 0. The van der Waals surface area contributed by atoms with E-state index in [1.807, 2.05) is 36.4 Å². The van der Waals surface area contributed by atoms with Crippen molar-refractivity contribution in [3.05, 3.63) is 83.9 Å². The zero-order chi connectivity index (χ0) is 20.5. The highest BCUT2D eigenvalue weighted by Crippen LogP contribution is 2.22. The van der Waals surface area contributed by atoms with Gasteiger partial charge >= 0.3 is 0 Å². The first-order valence-electron chi connectivity index (χ1n) is 10.5. The number of carbonyl (C=O) groups excluding carboxylic acids is 2. The largest absolute Gasteiger partial charge is 0.327 e. The number of nitrogens with zero attached hydrogens (tertiary/aromatic N) is 3. The third-order valence-corrected chi connectivity index (χ3v) is 6.14. The Labute approximate surface area is 176 Å². The van der Waals surface area contributed by atoms with Crippen molar-refractivity contribution < 1.29 is 9.59 Å². The van der Waals surface area contributed by atoms with Gasteiger partial charge < -0.3 is 9.80 Å². The molecule has 2 amide bonds. The van der Waals surface area contributed by atoms with Gasteiger partial charge in [0.1, 0.15) is 12.6 Å². The van der Waals surface area contributed by atoms with Crippen LogP contribution in [0.5, 0.6) is 0 Å². The maximum absolute atomic E-state index is 13.2. The lowest BCUT2D eigenvalue weighted by molar-refractivity contribution is -0.160. The molecule has 0 saturated carbocycles. The van der Waals surface area contributed by atoms with Crippen molar-refractivity contribution in [1.82, 2.24) is 14.7 Å². The summed E-state index contributed by atoms with van der Waals surface area (Å²) in [4.78, 5) is 31.7. The van der Waals surface area contributed by atoms with Gasteiger partial charge in [0.05, 0.1) is 0 Å². The van der Waals surface area contributed by atoms with Gasteiger partial charge in [0.25, 0.3) is 0 Å². The Morgan fingerprint density at radius 2 is 1.53 bits per heavy atom. The standard InChI is InChI=1S/C25H25N3O2/c29-24-18-27(16-19-6-2-1-3-7-19)25(30)23-17-26(12-13-28(23)24)15-20-10-11-21-8-4-5-9-22(21)14-20/h1-11,14,23H,12-13,15-18H2. The van der Waals surface area contributed by atoms with Gasteiger partial charge in [-0.25, -0.2) is 0 Å². The number of carbonyl (C=O) groups is 2. The molecule has 3 aromatic rings. The highest BCUT2D eigenvalue weighted by Gasteiger charge is 2.42. The van der Waals surface area contributed by atoms with Gasteiger partial charge in [-0.05, 0) is 28.0 Å². The zero-order valence-electron chi connectivity index (χ0n) is 16.9. The summed E-state index contributed by atoms with van der Waals surface area (Å²) in [6, 6.07) is 24.4. The van der Waals surface area contributed by atoms with Crippen LogP contribution in [0.1, 0.15) is 11.1 Å². The number of amides is 2. The summed E-state index contributed by atoms with van der Waals surface area (Å²) in [5.41, 5.74) is 2.29. The Balaban J connectivity index is 1.30. The Kier molecular flexibility index (Phi) is 4.97. The molecule has 5 nitrogen and oxygen atoms in total. The van der Waals surface area contributed by atoms with Gasteiger partial charge in [-0.1, -0.05) is 66.7 Å². The topological polar surface area (TPSA) is 43.9 Å². The van der Waals surface area contributed by atoms with Gasteiger partial charge in [0.15, 0.2) is 0 Å². The second-order valence-electron chi connectivity index (χ2n) is 8.20. The predicted molar refractivity (Wildman–Crippen MR) is 117 cm³/mol. The first kappa shape index (κ1) is 18.8. The fourth-order valence-corrected chi connectivity index (χ4v) is 4.57. The number of hydrogen-bond donors (Lipinski definition) is 0. The zero-order valence-corrected chi connectivity index (χ0v) is 16.9. The van der Waals surface area contributed by atoms with Crippen molar-refractivity contribution >= 4 is 22.6 Å². The molecular formula is C25H25N3O2. The maximum Gasteiger partial charge on any atom is 0.247 e. The second kappa shape index (κ2) is 7.92. The van der Waals surface area contributed by atoms with Crippen LogP contribution in [0.25, 0.3) is 10.8 Å². The minimum atomic E-state index is -0.385. The summed E-state index contributed by atoms with van der Waals surface area (Å²) in [5, 5.41) is 2.46. The van der Waals surface area contributed by atoms with E-state index < -0.39 is 0 Å². The summed E-state index contributed by atoms with van der Waals surface area (Å²) < 4.78 is 0. The van der Waals surface area contributed by atoms with Crippen LogP contribution in [-0.2, 0) is 22.7 Å². The van der Waals surface area contributed by atoms with Gasteiger partial charge in [-0.2, -0.15) is 0 Å².